The predicted octanol–water partition coefficient (Wildman–Crippen LogP) is 4.75. The van der Waals surface area contributed by atoms with E-state index in [1.807, 2.05) is 24.0 Å². The zero-order valence-corrected chi connectivity index (χ0v) is 21.2. The molecule has 1 unspecified atom stereocenters. The molecule has 1 atom stereocenters. The fraction of sp³-hybridized carbons (Fsp3) is 0.500. The van der Waals surface area contributed by atoms with Crippen LogP contribution in [0.25, 0.3) is 10.9 Å². The number of carbonyl (C=O) groups excluding carboxylic acids is 1. The molecule has 1 aromatic carbocycles. The molecule has 0 saturated carbocycles. The number of ether oxygens (including phenoxy) is 2. The number of hydrogen-bond donors (Lipinski definition) is 0. The van der Waals surface area contributed by atoms with Crippen molar-refractivity contribution >= 4 is 34.0 Å². The number of thiophene rings is 1. The molecule has 6 rings (SSSR count). The van der Waals surface area contributed by atoms with Crippen LogP contribution in [-0.2, 0) is 28.9 Å². The number of carbonyl (C=O) groups is 1. The topological polar surface area (TPSA) is 54.9 Å². The third kappa shape index (κ3) is 4.82. The van der Waals surface area contributed by atoms with Gasteiger partial charge in [0.15, 0.2) is 0 Å². The second-order valence-corrected chi connectivity index (χ2v) is 11.3. The van der Waals surface area contributed by atoms with Gasteiger partial charge in [0.1, 0.15) is 5.82 Å². The van der Waals surface area contributed by atoms with Gasteiger partial charge in [-0.2, -0.15) is 0 Å². The Kier molecular flexibility index (Phi) is 6.48. The molecule has 1 aliphatic carbocycles. The van der Waals surface area contributed by atoms with Crippen LogP contribution in [0.4, 0.5) is 5.82 Å². The highest BCUT2D eigenvalue weighted by Crippen LogP contribution is 2.32. The lowest BCUT2D eigenvalue weighted by Crippen LogP contribution is -2.39. The van der Waals surface area contributed by atoms with Crippen LogP contribution in [-0.4, -0.2) is 61.3 Å². The Morgan fingerprint density at radius 2 is 1.94 bits per heavy atom. The van der Waals surface area contributed by atoms with Gasteiger partial charge < -0.3 is 19.3 Å². The zero-order chi connectivity index (χ0) is 23.8. The van der Waals surface area contributed by atoms with E-state index >= 15 is 0 Å². The number of morpholine rings is 1. The van der Waals surface area contributed by atoms with Crippen LogP contribution >= 0.6 is 11.3 Å². The van der Waals surface area contributed by atoms with Crippen molar-refractivity contribution in [2.45, 2.75) is 51.7 Å². The Labute approximate surface area is 210 Å². The van der Waals surface area contributed by atoms with Crippen LogP contribution in [0.1, 0.15) is 50.5 Å². The number of rotatable bonds is 6. The Hall–Kier alpha value is -2.48. The maximum atomic E-state index is 13.7. The van der Waals surface area contributed by atoms with Crippen LogP contribution < -0.4 is 4.90 Å². The first kappa shape index (κ1) is 23.0. The van der Waals surface area contributed by atoms with E-state index in [0.29, 0.717) is 26.3 Å². The highest BCUT2D eigenvalue weighted by molar-refractivity contribution is 7.13. The largest absolute Gasteiger partial charge is 0.378 e. The van der Waals surface area contributed by atoms with Crippen molar-refractivity contribution in [2.24, 2.45) is 0 Å². The minimum absolute atomic E-state index is 0.0839. The van der Waals surface area contributed by atoms with Crippen LogP contribution in [0.2, 0.25) is 0 Å². The van der Waals surface area contributed by atoms with Gasteiger partial charge in [-0.3, -0.25) is 4.79 Å². The molecular formula is C28H33N3O3S. The molecule has 2 aromatic heterocycles. The quantitative estimate of drug-likeness (QED) is 0.498. The number of amides is 1. The van der Waals surface area contributed by atoms with Crippen molar-refractivity contribution in [3.05, 3.63) is 56.8 Å². The lowest BCUT2D eigenvalue weighted by molar-refractivity contribution is 0.0511. The number of fused-ring (bicyclic) bond motifs is 2. The molecule has 0 radical (unpaired) electrons. The average molecular weight is 492 g/mol. The van der Waals surface area contributed by atoms with Gasteiger partial charge in [-0.25, -0.2) is 4.98 Å². The summed E-state index contributed by atoms with van der Waals surface area (Å²) in [7, 11) is 0. The van der Waals surface area contributed by atoms with E-state index in [2.05, 4.69) is 23.1 Å². The number of anilines is 1. The number of hydrogen-bond acceptors (Lipinski definition) is 6. The van der Waals surface area contributed by atoms with E-state index < -0.39 is 0 Å². The summed E-state index contributed by atoms with van der Waals surface area (Å²) in [6.45, 7) is 7.02. The van der Waals surface area contributed by atoms with Gasteiger partial charge in [0.25, 0.3) is 5.91 Å². The van der Waals surface area contributed by atoms with E-state index in [4.69, 9.17) is 14.5 Å². The first-order chi connectivity index (χ1) is 17.1. The minimum Gasteiger partial charge on any atom is -0.378 e. The van der Waals surface area contributed by atoms with Gasteiger partial charge in [-0.05, 0) is 80.5 Å². The summed E-state index contributed by atoms with van der Waals surface area (Å²) in [6.07, 6.45) is 5.68. The smallest absolute Gasteiger partial charge is 0.264 e. The maximum Gasteiger partial charge on any atom is 0.264 e. The summed E-state index contributed by atoms with van der Waals surface area (Å²) in [4.78, 5) is 25.1. The number of nitrogens with zero attached hydrogens (tertiary/aromatic N) is 3. The average Bonchev–Trinajstić information content (AvgIpc) is 3.64. The number of aryl methyl sites for hydroxylation is 3. The fourth-order valence-electron chi connectivity index (χ4n) is 5.61. The molecule has 7 heteroatoms. The molecule has 35 heavy (non-hydrogen) atoms. The molecule has 3 aliphatic rings. The maximum absolute atomic E-state index is 13.7. The molecule has 2 fully saturated rings. The monoisotopic (exact) mass is 491 g/mol. The lowest BCUT2D eigenvalue weighted by Gasteiger charge is -2.32. The minimum atomic E-state index is 0.0839. The summed E-state index contributed by atoms with van der Waals surface area (Å²) in [5.74, 6) is 1.08. The van der Waals surface area contributed by atoms with Crippen molar-refractivity contribution in [1.29, 1.82) is 0 Å². The molecule has 6 nitrogen and oxygen atoms in total. The summed E-state index contributed by atoms with van der Waals surface area (Å²) < 4.78 is 11.6. The van der Waals surface area contributed by atoms with E-state index in [9.17, 15) is 4.79 Å². The van der Waals surface area contributed by atoms with Gasteiger partial charge in [-0.15, -0.1) is 11.3 Å². The van der Waals surface area contributed by atoms with Gasteiger partial charge in [0.2, 0.25) is 0 Å². The Morgan fingerprint density at radius 1 is 1.11 bits per heavy atom. The third-order valence-electron chi connectivity index (χ3n) is 7.44. The van der Waals surface area contributed by atoms with Gasteiger partial charge >= 0.3 is 0 Å². The Balaban J connectivity index is 1.39. The summed E-state index contributed by atoms with van der Waals surface area (Å²) >= 11 is 1.57. The molecule has 3 aromatic rings. The summed E-state index contributed by atoms with van der Waals surface area (Å²) in [5.41, 5.74) is 5.05. The SMILES string of the molecule is Cc1ccc(C(=O)N(Cc2cc3cc4c(cc3nc2N2CCOCC2)CCC4)CC2CCCO2)s1. The molecular weight excluding hydrogens is 458 g/mol. The van der Waals surface area contributed by atoms with Gasteiger partial charge in [0, 0.05) is 48.6 Å². The second kappa shape index (κ2) is 9.88. The van der Waals surface area contributed by atoms with Crippen molar-refractivity contribution < 1.29 is 14.3 Å². The molecule has 184 valence electrons. The van der Waals surface area contributed by atoms with Crippen molar-refractivity contribution in [3.8, 4) is 0 Å². The number of benzene rings is 1. The third-order valence-corrected chi connectivity index (χ3v) is 8.43. The van der Waals surface area contributed by atoms with E-state index in [1.54, 1.807) is 11.3 Å². The van der Waals surface area contributed by atoms with E-state index in [0.717, 1.165) is 72.0 Å². The molecule has 0 N–H and O–H groups in total. The normalized spacial score (nSPS) is 19.9. The predicted molar refractivity (Wildman–Crippen MR) is 140 cm³/mol. The number of pyridine rings is 1. The fourth-order valence-corrected chi connectivity index (χ4v) is 6.45. The van der Waals surface area contributed by atoms with Crippen molar-refractivity contribution in [3.63, 3.8) is 0 Å². The van der Waals surface area contributed by atoms with Crippen LogP contribution in [0.5, 0.6) is 0 Å². The summed E-state index contributed by atoms with van der Waals surface area (Å²) in [5, 5.41) is 1.18. The van der Waals surface area contributed by atoms with Crippen molar-refractivity contribution in [2.75, 3.05) is 44.4 Å². The highest BCUT2D eigenvalue weighted by atomic mass is 32.1. The molecule has 2 aliphatic heterocycles. The van der Waals surface area contributed by atoms with Crippen LogP contribution in [0.3, 0.4) is 0 Å². The molecule has 1 amide bonds. The van der Waals surface area contributed by atoms with Gasteiger partial charge in [0.05, 0.1) is 29.7 Å². The van der Waals surface area contributed by atoms with Crippen LogP contribution in [0.15, 0.2) is 30.3 Å². The molecule has 4 heterocycles. The Bertz CT molecular complexity index is 1230. The van der Waals surface area contributed by atoms with E-state index in [1.165, 1.54) is 22.9 Å². The first-order valence-corrected chi connectivity index (χ1v) is 13.7. The molecule has 2 saturated heterocycles. The second-order valence-electron chi connectivity index (χ2n) is 9.97. The standard InChI is InChI=1S/C28H33N3O3S/c1-19-7-8-26(35-19)28(32)31(18-24-6-3-11-34-24)17-23-15-22-14-20-4-2-5-21(20)16-25(22)29-27(23)30-9-12-33-13-10-30/h7-8,14-16,24H,2-6,9-13,17-18H2,1H3. The van der Waals surface area contributed by atoms with E-state index in [-0.39, 0.29) is 12.0 Å². The lowest BCUT2D eigenvalue weighted by atomic mass is 10.0. The van der Waals surface area contributed by atoms with Crippen LogP contribution in [0, 0.1) is 6.92 Å². The number of aromatic nitrogens is 1. The Morgan fingerprint density at radius 3 is 2.69 bits per heavy atom. The zero-order valence-electron chi connectivity index (χ0n) is 20.4. The highest BCUT2D eigenvalue weighted by Gasteiger charge is 2.27. The molecule has 0 bridgehead atoms. The first-order valence-electron chi connectivity index (χ1n) is 12.9. The van der Waals surface area contributed by atoms with Gasteiger partial charge in [-0.1, -0.05) is 0 Å². The van der Waals surface area contributed by atoms with Crippen molar-refractivity contribution in [1.82, 2.24) is 9.88 Å². The summed E-state index contributed by atoms with van der Waals surface area (Å²) in [6, 6.07) is 10.9. The molecule has 0 spiro atoms.